The molecule has 47 heavy (non-hydrogen) atoms. The monoisotopic (exact) mass is 651 g/mol. The molecule has 0 heterocycles. The van der Waals surface area contributed by atoms with E-state index in [2.05, 4.69) is 17.6 Å². The maximum absolute atomic E-state index is 14.4. The zero-order valence-electron chi connectivity index (χ0n) is 30.0. The molecular formula is C38H57N3O6. The number of benzene rings is 2. The third kappa shape index (κ3) is 14.6. The molecule has 0 aliphatic carbocycles. The summed E-state index contributed by atoms with van der Waals surface area (Å²) in [5.41, 5.74) is 1.98. The summed E-state index contributed by atoms with van der Waals surface area (Å²) in [6.07, 6.45) is 5.45. The number of carbonyl (C=O) groups excluding carboxylic acids is 4. The molecule has 0 radical (unpaired) electrons. The Hall–Kier alpha value is -3.88. The highest BCUT2D eigenvalue weighted by Crippen LogP contribution is 2.26. The first-order valence-corrected chi connectivity index (χ1v) is 16.9. The summed E-state index contributed by atoms with van der Waals surface area (Å²) in [7, 11) is 0. The van der Waals surface area contributed by atoms with Crippen molar-refractivity contribution in [3.63, 3.8) is 0 Å². The number of unbranched alkanes of at least 4 members (excludes halogenated alkanes) is 5. The van der Waals surface area contributed by atoms with Crippen molar-refractivity contribution in [1.29, 1.82) is 0 Å². The van der Waals surface area contributed by atoms with Crippen LogP contribution in [-0.2, 0) is 30.3 Å². The largest absolute Gasteiger partial charge is 0.458 e. The maximum Gasteiger partial charge on any atom is 0.408 e. The molecule has 9 heteroatoms. The van der Waals surface area contributed by atoms with E-state index in [4.69, 9.17) is 9.47 Å². The van der Waals surface area contributed by atoms with E-state index in [9.17, 15) is 19.2 Å². The molecule has 2 unspecified atom stereocenters. The van der Waals surface area contributed by atoms with Crippen LogP contribution < -0.4 is 10.6 Å². The van der Waals surface area contributed by atoms with E-state index in [1.807, 2.05) is 62.4 Å². The van der Waals surface area contributed by atoms with Gasteiger partial charge in [-0.3, -0.25) is 9.59 Å². The van der Waals surface area contributed by atoms with Crippen molar-refractivity contribution in [2.45, 2.75) is 131 Å². The fourth-order valence-corrected chi connectivity index (χ4v) is 5.10. The predicted molar refractivity (Wildman–Crippen MR) is 186 cm³/mol. The van der Waals surface area contributed by atoms with Gasteiger partial charge in [-0.2, -0.15) is 0 Å². The molecule has 0 bridgehead atoms. The van der Waals surface area contributed by atoms with Crippen LogP contribution in [0.4, 0.5) is 4.79 Å². The number of amides is 3. The maximum atomic E-state index is 14.4. The van der Waals surface area contributed by atoms with Gasteiger partial charge in [0.25, 0.3) is 0 Å². The van der Waals surface area contributed by atoms with Crippen LogP contribution >= 0.6 is 0 Å². The number of alkyl carbamates (subject to hydrolysis) is 1. The number of aryl methyl sites for hydroxylation is 2. The van der Waals surface area contributed by atoms with Crippen molar-refractivity contribution >= 4 is 23.9 Å². The number of hydrogen-bond donors (Lipinski definition) is 2. The van der Waals surface area contributed by atoms with Gasteiger partial charge in [-0.25, -0.2) is 9.59 Å². The molecule has 2 aromatic rings. The second-order valence-corrected chi connectivity index (χ2v) is 14.2. The molecule has 2 rings (SSSR count). The highest BCUT2D eigenvalue weighted by molar-refractivity contribution is 5.93. The quantitative estimate of drug-likeness (QED) is 0.148. The molecule has 2 N–H and O–H groups in total. The molecule has 0 aliphatic heterocycles. The lowest BCUT2D eigenvalue weighted by Crippen LogP contribution is -2.52. The van der Waals surface area contributed by atoms with Gasteiger partial charge in [0.15, 0.2) is 0 Å². The fourth-order valence-electron chi connectivity index (χ4n) is 5.10. The average Bonchev–Trinajstić information content (AvgIpc) is 2.97. The normalized spacial score (nSPS) is 12.9. The highest BCUT2D eigenvalue weighted by Gasteiger charge is 2.35. The minimum atomic E-state index is -1.06. The molecule has 3 amide bonds. The van der Waals surface area contributed by atoms with Gasteiger partial charge >= 0.3 is 12.1 Å². The van der Waals surface area contributed by atoms with Gasteiger partial charge in [0.05, 0.1) is 0 Å². The minimum absolute atomic E-state index is 0.215. The van der Waals surface area contributed by atoms with E-state index >= 15 is 0 Å². The molecule has 0 fully saturated rings. The Morgan fingerprint density at radius 1 is 0.787 bits per heavy atom. The van der Waals surface area contributed by atoms with Gasteiger partial charge < -0.3 is 25.0 Å². The summed E-state index contributed by atoms with van der Waals surface area (Å²) < 4.78 is 11.1. The Morgan fingerprint density at radius 2 is 1.40 bits per heavy atom. The predicted octanol–water partition coefficient (Wildman–Crippen LogP) is 7.13. The third-order valence-electron chi connectivity index (χ3n) is 7.55. The molecule has 0 spiro atoms. The van der Waals surface area contributed by atoms with Crippen molar-refractivity contribution in [3.8, 4) is 0 Å². The first-order valence-electron chi connectivity index (χ1n) is 16.9. The van der Waals surface area contributed by atoms with E-state index in [0.29, 0.717) is 18.5 Å². The molecule has 0 aromatic heterocycles. The molecule has 2 aromatic carbocycles. The first-order chi connectivity index (χ1) is 22.0. The van der Waals surface area contributed by atoms with Crippen molar-refractivity contribution in [3.05, 3.63) is 70.8 Å². The van der Waals surface area contributed by atoms with Crippen molar-refractivity contribution in [1.82, 2.24) is 15.5 Å². The summed E-state index contributed by atoms with van der Waals surface area (Å²) in [6.45, 7) is 16.6. The van der Waals surface area contributed by atoms with Gasteiger partial charge in [-0.05, 0) is 84.1 Å². The van der Waals surface area contributed by atoms with Gasteiger partial charge in [0.2, 0.25) is 11.8 Å². The van der Waals surface area contributed by atoms with Crippen LogP contribution in [0.15, 0.2) is 48.5 Å². The lowest BCUT2D eigenvalue weighted by molar-refractivity contribution is -0.159. The summed E-state index contributed by atoms with van der Waals surface area (Å²) >= 11 is 0. The zero-order chi connectivity index (χ0) is 35.2. The topological polar surface area (TPSA) is 114 Å². The number of esters is 1. The van der Waals surface area contributed by atoms with Crippen LogP contribution in [0.5, 0.6) is 0 Å². The lowest BCUT2D eigenvalue weighted by Gasteiger charge is -2.33. The number of rotatable bonds is 16. The van der Waals surface area contributed by atoms with Crippen LogP contribution in [0.25, 0.3) is 0 Å². The van der Waals surface area contributed by atoms with Crippen molar-refractivity contribution < 1.29 is 28.7 Å². The zero-order valence-corrected chi connectivity index (χ0v) is 30.0. The fraction of sp³-hybridized carbons (Fsp3) is 0.579. The Labute approximate surface area is 282 Å². The van der Waals surface area contributed by atoms with E-state index in [1.165, 1.54) is 4.90 Å². The van der Waals surface area contributed by atoms with Crippen LogP contribution in [0.2, 0.25) is 0 Å². The van der Waals surface area contributed by atoms with Crippen LogP contribution in [0.3, 0.4) is 0 Å². The van der Waals surface area contributed by atoms with Gasteiger partial charge in [0.1, 0.15) is 29.8 Å². The Kier molecular flexibility index (Phi) is 15.4. The highest BCUT2D eigenvalue weighted by atomic mass is 16.6. The van der Waals surface area contributed by atoms with Crippen LogP contribution in [0, 0.1) is 13.8 Å². The van der Waals surface area contributed by atoms with Gasteiger partial charge in [-0.15, -0.1) is 0 Å². The second kappa shape index (κ2) is 18.5. The number of hydrogen-bond acceptors (Lipinski definition) is 6. The Balaban J connectivity index is 2.50. The van der Waals surface area contributed by atoms with Crippen molar-refractivity contribution in [2.24, 2.45) is 0 Å². The van der Waals surface area contributed by atoms with E-state index in [0.717, 1.165) is 48.8 Å². The van der Waals surface area contributed by atoms with E-state index in [1.54, 1.807) is 41.5 Å². The Bertz CT molecular complexity index is 1310. The minimum Gasteiger partial charge on any atom is -0.458 e. The molecule has 260 valence electrons. The first kappa shape index (κ1) is 39.3. The van der Waals surface area contributed by atoms with Crippen LogP contribution in [-0.4, -0.2) is 59.1 Å². The van der Waals surface area contributed by atoms with E-state index < -0.39 is 47.2 Å². The smallest absolute Gasteiger partial charge is 0.408 e. The third-order valence-corrected chi connectivity index (χ3v) is 7.55. The Morgan fingerprint density at radius 3 is 2.00 bits per heavy atom. The molecular weight excluding hydrogens is 594 g/mol. The van der Waals surface area contributed by atoms with Gasteiger partial charge in [0, 0.05) is 13.0 Å². The number of nitrogens with one attached hydrogen (secondary N) is 2. The molecule has 2 atom stereocenters. The van der Waals surface area contributed by atoms with Crippen molar-refractivity contribution in [2.75, 3.05) is 13.1 Å². The molecule has 0 saturated carbocycles. The summed E-state index contributed by atoms with van der Waals surface area (Å²) in [5.74, 6) is -1.50. The lowest BCUT2D eigenvalue weighted by atomic mass is 9.97. The summed E-state index contributed by atoms with van der Waals surface area (Å²) in [5, 5.41) is 5.51. The summed E-state index contributed by atoms with van der Waals surface area (Å²) in [6, 6.07) is 13.0. The standard InChI is InChI=1S/C38H57N3O6/c1-10-11-12-13-14-18-23-41(32(42)26-39-36(45)47-38(7,8)9)33(30-22-21-27(2)28(3)24-30)34(43)40-31(35(44)46-37(4,5)6)25-29-19-16-15-17-20-29/h15-17,19-22,24,31,33H,10-14,18,23,25-26H2,1-9H3,(H,39,45)(H,40,43). The molecule has 0 saturated heterocycles. The second-order valence-electron chi connectivity index (χ2n) is 14.2. The number of nitrogens with zero attached hydrogens (tertiary/aromatic N) is 1. The average molecular weight is 652 g/mol. The molecule has 9 nitrogen and oxygen atoms in total. The van der Waals surface area contributed by atoms with Crippen LogP contribution in [0.1, 0.15) is 115 Å². The molecule has 0 aliphatic rings. The summed E-state index contributed by atoms with van der Waals surface area (Å²) in [4.78, 5) is 55.8. The number of carbonyl (C=O) groups is 4. The van der Waals surface area contributed by atoms with Gasteiger partial charge in [-0.1, -0.05) is 87.6 Å². The SMILES string of the molecule is CCCCCCCCN(C(=O)CNC(=O)OC(C)(C)C)C(C(=O)NC(Cc1ccccc1)C(=O)OC(C)(C)C)c1ccc(C)c(C)c1. The van der Waals surface area contributed by atoms with E-state index in [-0.39, 0.29) is 13.0 Å². The number of ether oxygens (including phenoxy) is 2.